The molecule has 1 aliphatic rings. The van der Waals surface area contributed by atoms with Gasteiger partial charge in [0.05, 0.1) is 11.3 Å². The van der Waals surface area contributed by atoms with Gasteiger partial charge in [0.15, 0.2) is 17.2 Å². The van der Waals surface area contributed by atoms with Crippen LogP contribution in [0.2, 0.25) is 0 Å². The molecular formula is C20H16F3N5O4. The van der Waals surface area contributed by atoms with E-state index in [1.54, 1.807) is 18.2 Å². The van der Waals surface area contributed by atoms with Crippen LogP contribution in [0.3, 0.4) is 0 Å². The van der Waals surface area contributed by atoms with Gasteiger partial charge in [-0.25, -0.2) is 4.68 Å². The Morgan fingerprint density at radius 3 is 2.59 bits per heavy atom. The fourth-order valence-electron chi connectivity index (χ4n) is 2.99. The highest BCUT2D eigenvalue weighted by molar-refractivity contribution is 6.03. The van der Waals surface area contributed by atoms with E-state index in [1.165, 1.54) is 23.7 Å². The van der Waals surface area contributed by atoms with Crippen LogP contribution in [0.4, 0.5) is 24.5 Å². The molecule has 0 fully saturated rings. The van der Waals surface area contributed by atoms with E-state index in [9.17, 15) is 22.8 Å². The Kier molecular flexibility index (Phi) is 5.43. The second-order valence-corrected chi connectivity index (χ2v) is 6.83. The number of aromatic nitrogens is 3. The molecule has 32 heavy (non-hydrogen) atoms. The van der Waals surface area contributed by atoms with Gasteiger partial charge in [-0.1, -0.05) is 11.3 Å². The standard InChI is InChI=1S/C20H16F3N5O4/c1-11-18(19(30)25-13-4-2-3-12(7-13)20(21,22)23)26-27-28(11)9-17(29)24-14-5-6-15-16(8-14)32-10-31-15/h2-8H,9-10H2,1H3,(H,24,29)(H,25,30). The van der Waals surface area contributed by atoms with Crippen molar-refractivity contribution >= 4 is 23.2 Å². The van der Waals surface area contributed by atoms with Crippen LogP contribution >= 0.6 is 0 Å². The van der Waals surface area contributed by atoms with Crippen molar-refractivity contribution in [3.05, 3.63) is 59.4 Å². The summed E-state index contributed by atoms with van der Waals surface area (Å²) in [4.78, 5) is 24.8. The molecule has 2 heterocycles. The highest BCUT2D eigenvalue weighted by Gasteiger charge is 2.30. The second-order valence-electron chi connectivity index (χ2n) is 6.83. The average molecular weight is 447 g/mol. The number of carbonyl (C=O) groups excluding carboxylic acids is 2. The molecule has 0 radical (unpaired) electrons. The smallest absolute Gasteiger partial charge is 0.416 e. The maximum Gasteiger partial charge on any atom is 0.416 e. The minimum Gasteiger partial charge on any atom is -0.454 e. The third-order valence-electron chi connectivity index (χ3n) is 4.60. The van der Waals surface area contributed by atoms with Gasteiger partial charge in [0, 0.05) is 17.4 Å². The van der Waals surface area contributed by atoms with Gasteiger partial charge in [-0.15, -0.1) is 5.10 Å². The van der Waals surface area contributed by atoms with Gasteiger partial charge in [-0.2, -0.15) is 13.2 Å². The fourth-order valence-corrected chi connectivity index (χ4v) is 2.99. The zero-order valence-corrected chi connectivity index (χ0v) is 16.6. The largest absolute Gasteiger partial charge is 0.454 e. The number of fused-ring (bicyclic) bond motifs is 1. The molecule has 0 saturated heterocycles. The first kappa shape index (κ1) is 21.2. The molecule has 12 heteroatoms. The number of rotatable bonds is 5. The molecule has 1 aromatic heterocycles. The fraction of sp³-hybridized carbons (Fsp3) is 0.200. The lowest BCUT2D eigenvalue weighted by Crippen LogP contribution is -2.21. The number of nitrogens with zero attached hydrogens (tertiary/aromatic N) is 3. The lowest BCUT2D eigenvalue weighted by Gasteiger charge is -2.09. The minimum atomic E-state index is -4.54. The van der Waals surface area contributed by atoms with Crippen LogP contribution in [0.25, 0.3) is 0 Å². The van der Waals surface area contributed by atoms with Gasteiger partial charge in [0.2, 0.25) is 12.7 Å². The Labute approximate surface area is 179 Å². The van der Waals surface area contributed by atoms with E-state index < -0.39 is 23.6 Å². The van der Waals surface area contributed by atoms with Gasteiger partial charge in [0.1, 0.15) is 6.54 Å². The first-order valence-corrected chi connectivity index (χ1v) is 9.29. The number of ether oxygens (including phenoxy) is 2. The SMILES string of the molecule is Cc1c(C(=O)Nc2cccc(C(F)(F)F)c2)nnn1CC(=O)Nc1ccc2c(c1)OCO2. The molecule has 0 atom stereocenters. The predicted molar refractivity (Wildman–Crippen MR) is 105 cm³/mol. The van der Waals surface area contributed by atoms with Gasteiger partial charge < -0.3 is 20.1 Å². The van der Waals surface area contributed by atoms with Crippen LogP contribution in [-0.2, 0) is 17.5 Å². The van der Waals surface area contributed by atoms with Crippen molar-refractivity contribution in [3.8, 4) is 11.5 Å². The molecule has 2 N–H and O–H groups in total. The van der Waals surface area contributed by atoms with Crippen molar-refractivity contribution in [2.45, 2.75) is 19.6 Å². The third-order valence-corrected chi connectivity index (χ3v) is 4.60. The Morgan fingerprint density at radius 1 is 1.06 bits per heavy atom. The zero-order valence-electron chi connectivity index (χ0n) is 16.6. The Hall–Kier alpha value is -4.09. The second kappa shape index (κ2) is 8.21. The summed E-state index contributed by atoms with van der Waals surface area (Å²) < 4.78 is 50.2. The number of hydrogen-bond acceptors (Lipinski definition) is 6. The number of halogens is 3. The zero-order chi connectivity index (χ0) is 22.9. The normalized spacial score (nSPS) is 12.5. The molecular weight excluding hydrogens is 431 g/mol. The van der Waals surface area contributed by atoms with Crippen molar-refractivity contribution in [2.24, 2.45) is 0 Å². The molecule has 9 nitrogen and oxygen atoms in total. The number of amides is 2. The number of anilines is 2. The van der Waals surface area contributed by atoms with E-state index in [0.29, 0.717) is 17.2 Å². The van der Waals surface area contributed by atoms with Gasteiger partial charge in [-0.3, -0.25) is 9.59 Å². The first-order valence-electron chi connectivity index (χ1n) is 9.29. The van der Waals surface area contributed by atoms with Crippen LogP contribution in [-0.4, -0.2) is 33.6 Å². The molecule has 166 valence electrons. The Bertz CT molecular complexity index is 1190. The Balaban J connectivity index is 1.41. The lowest BCUT2D eigenvalue weighted by molar-refractivity contribution is -0.137. The average Bonchev–Trinajstić information content (AvgIpc) is 3.34. The molecule has 0 spiro atoms. The quantitative estimate of drug-likeness (QED) is 0.622. The molecule has 0 unspecified atom stereocenters. The lowest BCUT2D eigenvalue weighted by atomic mass is 10.2. The molecule has 0 saturated carbocycles. The summed E-state index contributed by atoms with van der Waals surface area (Å²) in [5.41, 5.74) is -0.289. The maximum atomic E-state index is 12.8. The van der Waals surface area contributed by atoms with E-state index >= 15 is 0 Å². The highest BCUT2D eigenvalue weighted by atomic mass is 19.4. The molecule has 2 amide bonds. The van der Waals surface area contributed by atoms with Crippen LogP contribution < -0.4 is 20.1 Å². The minimum absolute atomic E-state index is 0.0423. The van der Waals surface area contributed by atoms with Crippen LogP contribution in [0, 0.1) is 6.92 Å². The third kappa shape index (κ3) is 4.48. The number of hydrogen-bond donors (Lipinski definition) is 2. The van der Waals surface area contributed by atoms with E-state index in [4.69, 9.17) is 9.47 Å². The van der Waals surface area contributed by atoms with Crippen LogP contribution in [0.1, 0.15) is 21.7 Å². The Morgan fingerprint density at radius 2 is 1.81 bits per heavy atom. The maximum absolute atomic E-state index is 12.8. The van der Waals surface area contributed by atoms with Crippen LogP contribution in [0.15, 0.2) is 42.5 Å². The number of benzene rings is 2. The summed E-state index contributed by atoms with van der Waals surface area (Å²) in [6.45, 7) is 1.40. The molecule has 1 aliphatic heterocycles. The summed E-state index contributed by atoms with van der Waals surface area (Å²) >= 11 is 0. The molecule has 0 aliphatic carbocycles. The van der Waals surface area contributed by atoms with Crippen molar-refractivity contribution in [3.63, 3.8) is 0 Å². The number of nitrogens with one attached hydrogen (secondary N) is 2. The van der Waals surface area contributed by atoms with Crippen molar-refractivity contribution in [1.82, 2.24) is 15.0 Å². The number of alkyl halides is 3. The summed E-state index contributed by atoms with van der Waals surface area (Å²) in [6, 6.07) is 9.14. The topological polar surface area (TPSA) is 107 Å². The summed E-state index contributed by atoms with van der Waals surface area (Å²) in [5, 5.41) is 12.6. The van der Waals surface area contributed by atoms with E-state index in [2.05, 4.69) is 20.9 Å². The van der Waals surface area contributed by atoms with E-state index in [0.717, 1.165) is 12.1 Å². The van der Waals surface area contributed by atoms with Gasteiger partial charge in [-0.05, 0) is 37.3 Å². The van der Waals surface area contributed by atoms with Gasteiger partial charge >= 0.3 is 6.18 Å². The van der Waals surface area contributed by atoms with Crippen molar-refractivity contribution in [2.75, 3.05) is 17.4 Å². The van der Waals surface area contributed by atoms with E-state index in [-0.39, 0.29) is 30.4 Å². The molecule has 2 aromatic carbocycles. The van der Waals surface area contributed by atoms with E-state index in [1.807, 2.05) is 0 Å². The highest BCUT2D eigenvalue weighted by Crippen LogP contribution is 2.34. The van der Waals surface area contributed by atoms with Gasteiger partial charge in [0.25, 0.3) is 5.91 Å². The summed E-state index contributed by atoms with van der Waals surface area (Å²) in [7, 11) is 0. The summed E-state index contributed by atoms with van der Waals surface area (Å²) in [5.74, 6) is -0.0919. The molecule has 4 rings (SSSR count). The molecule has 3 aromatic rings. The van der Waals surface area contributed by atoms with Crippen molar-refractivity contribution in [1.29, 1.82) is 0 Å². The monoisotopic (exact) mass is 447 g/mol. The summed E-state index contributed by atoms with van der Waals surface area (Å²) in [6.07, 6.45) is -4.54. The number of carbonyl (C=O) groups is 2. The van der Waals surface area contributed by atoms with Crippen molar-refractivity contribution < 1.29 is 32.2 Å². The predicted octanol–water partition coefficient (Wildman–Crippen LogP) is 3.23. The molecule has 0 bridgehead atoms. The van der Waals surface area contributed by atoms with Crippen LogP contribution in [0.5, 0.6) is 11.5 Å². The first-order chi connectivity index (χ1) is 15.2.